The van der Waals surface area contributed by atoms with Gasteiger partial charge in [-0.1, -0.05) is 26.0 Å². The minimum absolute atomic E-state index is 0.0881. The van der Waals surface area contributed by atoms with Crippen molar-refractivity contribution in [2.45, 2.75) is 58.3 Å². The predicted molar refractivity (Wildman–Crippen MR) is 140 cm³/mol. The molecule has 2 aromatic rings. The number of H-pyrrole nitrogens is 1. The van der Waals surface area contributed by atoms with E-state index in [0.29, 0.717) is 0 Å². The number of nitriles is 1. The minimum Gasteiger partial charge on any atom is -0.343 e. The number of likely N-dealkylation sites (tertiary alicyclic amines) is 1. The molecule has 1 aromatic carbocycles. The number of likely N-dealkylation sites (N-methyl/N-ethyl adjacent to an activating group) is 1. The summed E-state index contributed by atoms with van der Waals surface area (Å²) in [6.45, 7) is 8.50. The highest BCUT2D eigenvalue weighted by atomic mass is 16.2. The Morgan fingerprint density at radius 3 is 2.56 bits per heavy atom. The molecule has 1 saturated heterocycles. The Kier molecular flexibility index (Phi) is 7.32. The molecule has 1 fully saturated rings. The zero-order chi connectivity index (χ0) is 25.9. The largest absolute Gasteiger partial charge is 0.343 e. The van der Waals surface area contributed by atoms with Crippen LogP contribution in [0.15, 0.2) is 30.5 Å². The van der Waals surface area contributed by atoms with E-state index < -0.39 is 0 Å². The number of benzene rings is 1. The van der Waals surface area contributed by atoms with Crippen LogP contribution in [0.5, 0.6) is 0 Å². The summed E-state index contributed by atoms with van der Waals surface area (Å²) in [4.78, 5) is 33.6. The van der Waals surface area contributed by atoms with E-state index >= 15 is 0 Å². The third kappa shape index (κ3) is 5.36. The topological polar surface area (TPSA) is 114 Å². The summed E-state index contributed by atoms with van der Waals surface area (Å²) in [6.07, 6.45) is 8.44. The van der Waals surface area contributed by atoms with Crippen molar-refractivity contribution in [3.63, 3.8) is 0 Å². The lowest BCUT2D eigenvalue weighted by molar-refractivity contribution is -0.130. The number of nitrogens with zero attached hydrogens (tertiary/aromatic N) is 3. The van der Waals surface area contributed by atoms with E-state index in [9.17, 15) is 9.59 Å². The summed E-state index contributed by atoms with van der Waals surface area (Å²) in [5.74, 6) is -0.134. The normalized spacial score (nSPS) is 18.8. The maximum atomic E-state index is 13.0. The van der Waals surface area contributed by atoms with Gasteiger partial charge in [0.25, 0.3) is 5.91 Å². The molecule has 0 radical (unpaired) electrons. The van der Waals surface area contributed by atoms with E-state index in [0.717, 1.165) is 63.0 Å². The first-order chi connectivity index (χ1) is 17.2. The van der Waals surface area contributed by atoms with Gasteiger partial charge in [0.2, 0.25) is 5.91 Å². The third-order valence-corrected chi connectivity index (χ3v) is 7.79. The van der Waals surface area contributed by atoms with Gasteiger partial charge in [0, 0.05) is 43.2 Å². The van der Waals surface area contributed by atoms with Gasteiger partial charge in [0.05, 0.1) is 6.20 Å². The molecule has 1 aromatic heterocycles. The van der Waals surface area contributed by atoms with Crippen molar-refractivity contribution in [1.29, 1.82) is 5.26 Å². The second-order valence-electron chi connectivity index (χ2n) is 10.9. The van der Waals surface area contributed by atoms with Crippen LogP contribution < -0.4 is 10.6 Å². The molecular weight excluding hydrogens is 452 g/mol. The number of aromatic nitrogens is 2. The maximum Gasteiger partial charge on any atom is 0.291 e. The number of anilines is 1. The summed E-state index contributed by atoms with van der Waals surface area (Å²) < 4.78 is 0. The van der Waals surface area contributed by atoms with Crippen LogP contribution in [0.4, 0.5) is 5.69 Å². The number of rotatable bonds is 6. The number of amides is 2. The fraction of sp³-hybridized carbons (Fsp3) is 0.500. The van der Waals surface area contributed by atoms with Crippen molar-refractivity contribution in [2.75, 3.05) is 32.0 Å². The van der Waals surface area contributed by atoms with Gasteiger partial charge in [-0.05, 0) is 67.8 Å². The van der Waals surface area contributed by atoms with Crippen molar-refractivity contribution in [3.8, 4) is 6.07 Å². The van der Waals surface area contributed by atoms with Crippen LogP contribution in [-0.2, 0) is 10.2 Å². The number of allylic oxidation sites excluding steroid dienone is 2. The number of piperidine rings is 1. The molecule has 0 bridgehead atoms. The Labute approximate surface area is 213 Å². The van der Waals surface area contributed by atoms with Crippen molar-refractivity contribution in [1.82, 2.24) is 20.2 Å². The van der Waals surface area contributed by atoms with Crippen LogP contribution in [0.3, 0.4) is 0 Å². The number of carbonyl (C=O) groups excluding carboxylic acids is 2. The number of carbonyl (C=O) groups is 2. The van der Waals surface area contributed by atoms with Crippen molar-refractivity contribution in [3.05, 3.63) is 53.1 Å². The minimum atomic E-state index is -0.373. The summed E-state index contributed by atoms with van der Waals surface area (Å²) >= 11 is 0. The number of hydrogen-bond acceptors (Lipinski definition) is 5. The molecule has 1 aliphatic heterocycles. The smallest absolute Gasteiger partial charge is 0.291 e. The van der Waals surface area contributed by atoms with E-state index in [1.807, 2.05) is 24.1 Å². The van der Waals surface area contributed by atoms with Crippen molar-refractivity contribution < 1.29 is 9.59 Å². The van der Waals surface area contributed by atoms with E-state index in [1.54, 1.807) is 6.92 Å². The highest BCUT2D eigenvalue weighted by Gasteiger charge is 2.37. The zero-order valence-corrected chi connectivity index (χ0v) is 21.7. The SMILES string of the molecule is CNCC1(c2ccc(NC(=O)c3ncc(C#N)[nH]3)c(C3=CCC(C)(C)CC3)c2)CCN(C(C)=O)CC1. The van der Waals surface area contributed by atoms with Crippen LogP contribution >= 0.6 is 0 Å². The van der Waals surface area contributed by atoms with Gasteiger partial charge in [0.15, 0.2) is 5.82 Å². The number of imidazole rings is 1. The number of aromatic amines is 1. The highest BCUT2D eigenvalue weighted by Crippen LogP contribution is 2.43. The van der Waals surface area contributed by atoms with Crippen LogP contribution in [0.1, 0.15) is 80.3 Å². The lowest BCUT2D eigenvalue weighted by atomic mass is 9.71. The molecule has 1 aliphatic carbocycles. The standard InChI is InChI=1S/C28H36N6O2/c1-19(35)34-13-11-28(12-14-34,18-30-4)21-5-6-24(33-26(36)25-31-17-22(16-29)32-25)23(15-21)20-7-9-27(2,3)10-8-20/h5-7,15,17,30H,8-14,18H2,1-4H3,(H,31,32)(H,33,36). The highest BCUT2D eigenvalue weighted by molar-refractivity contribution is 6.03. The van der Waals surface area contributed by atoms with Gasteiger partial charge >= 0.3 is 0 Å². The Bertz CT molecular complexity index is 1210. The van der Waals surface area contributed by atoms with Crippen LogP contribution in [0.2, 0.25) is 0 Å². The molecule has 0 unspecified atom stereocenters. The lowest BCUT2D eigenvalue weighted by Gasteiger charge is -2.42. The summed E-state index contributed by atoms with van der Waals surface area (Å²) in [5.41, 5.74) is 4.67. The molecule has 2 amide bonds. The number of hydrogen-bond donors (Lipinski definition) is 3. The van der Waals surface area contributed by atoms with Gasteiger partial charge in [0.1, 0.15) is 11.8 Å². The van der Waals surface area contributed by atoms with Crippen LogP contribution in [0, 0.1) is 16.7 Å². The Morgan fingerprint density at radius 2 is 1.97 bits per heavy atom. The van der Waals surface area contributed by atoms with E-state index in [2.05, 4.69) is 52.7 Å². The Morgan fingerprint density at radius 1 is 1.22 bits per heavy atom. The first-order valence-electron chi connectivity index (χ1n) is 12.7. The summed E-state index contributed by atoms with van der Waals surface area (Å²) in [5, 5.41) is 15.5. The molecule has 36 heavy (non-hydrogen) atoms. The zero-order valence-electron chi connectivity index (χ0n) is 21.7. The molecule has 8 nitrogen and oxygen atoms in total. The molecule has 2 heterocycles. The molecule has 0 saturated carbocycles. The molecule has 0 spiro atoms. The van der Waals surface area contributed by atoms with Gasteiger partial charge in [-0.25, -0.2) is 4.98 Å². The molecular formula is C28H36N6O2. The van der Waals surface area contributed by atoms with Crippen LogP contribution in [-0.4, -0.2) is 53.4 Å². The molecule has 0 atom stereocenters. The fourth-order valence-corrected chi connectivity index (χ4v) is 5.40. The maximum absolute atomic E-state index is 13.0. The molecule has 3 N–H and O–H groups in total. The molecule has 190 valence electrons. The monoisotopic (exact) mass is 488 g/mol. The number of nitrogens with one attached hydrogen (secondary N) is 3. The second kappa shape index (κ2) is 10.3. The predicted octanol–water partition coefficient (Wildman–Crippen LogP) is 4.23. The Hall–Kier alpha value is -3.44. The molecule has 8 heteroatoms. The quantitative estimate of drug-likeness (QED) is 0.563. The second-order valence-corrected chi connectivity index (χ2v) is 10.9. The fourth-order valence-electron chi connectivity index (χ4n) is 5.40. The van der Waals surface area contributed by atoms with E-state index in [4.69, 9.17) is 5.26 Å². The average molecular weight is 489 g/mol. The Balaban J connectivity index is 1.71. The van der Waals surface area contributed by atoms with E-state index in [1.165, 1.54) is 17.3 Å². The first-order valence-corrected chi connectivity index (χ1v) is 12.7. The summed E-state index contributed by atoms with van der Waals surface area (Å²) in [6, 6.07) is 8.31. The molecule has 4 rings (SSSR count). The van der Waals surface area contributed by atoms with Gasteiger partial charge in [-0.15, -0.1) is 0 Å². The third-order valence-electron chi connectivity index (χ3n) is 7.79. The first kappa shape index (κ1) is 25.6. The van der Waals surface area contributed by atoms with Crippen LogP contribution in [0.25, 0.3) is 5.57 Å². The van der Waals surface area contributed by atoms with Gasteiger partial charge in [-0.3, -0.25) is 9.59 Å². The summed E-state index contributed by atoms with van der Waals surface area (Å²) in [7, 11) is 1.97. The van der Waals surface area contributed by atoms with Gasteiger partial charge < -0.3 is 20.5 Å². The van der Waals surface area contributed by atoms with Crippen molar-refractivity contribution >= 4 is 23.1 Å². The van der Waals surface area contributed by atoms with Gasteiger partial charge in [-0.2, -0.15) is 5.26 Å². The average Bonchev–Trinajstić information content (AvgIpc) is 3.34. The lowest BCUT2D eigenvalue weighted by Crippen LogP contribution is -2.48. The van der Waals surface area contributed by atoms with Crippen molar-refractivity contribution in [2.24, 2.45) is 5.41 Å². The molecule has 2 aliphatic rings. The van der Waals surface area contributed by atoms with E-state index in [-0.39, 0.29) is 34.2 Å².